The van der Waals surface area contributed by atoms with E-state index in [2.05, 4.69) is 4.98 Å². The van der Waals surface area contributed by atoms with Crippen LogP contribution < -0.4 is 4.74 Å². The molecule has 96 valence electrons. The Hall–Kier alpha value is -1.53. The second-order valence-corrected chi connectivity index (χ2v) is 5.67. The fraction of sp³-hybridized carbons (Fsp3) is 0.182. The summed E-state index contributed by atoms with van der Waals surface area (Å²) < 4.78 is 31.0. The van der Waals surface area contributed by atoms with Gasteiger partial charge in [0.2, 0.25) is 0 Å². The topological polar surface area (TPSA) is 61.2 Å². The molecule has 0 radical (unpaired) electrons. The first-order valence-corrected chi connectivity index (χ1v) is 7.03. The van der Waals surface area contributed by atoms with Gasteiger partial charge in [-0.15, -0.1) is 0 Å². The van der Waals surface area contributed by atoms with E-state index in [1.165, 1.54) is 30.9 Å². The highest BCUT2D eigenvalue weighted by Gasteiger charge is 2.21. The first kappa shape index (κ1) is 12.9. The molecule has 0 atom stereocenters. The van der Waals surface area contributed by atoms with Crippen LogP contribution in [0.2, 0.25) is 5.02 Å². The van der Waals surface area contributed by atoms with E-state index in [0.717, 1.165) is 3.97 Å². The molecule has 5 nitrogen and oxygen atoms in total. The summed E-state index contributed by atoms with van der Waals surface area (Å²) in [6, 6.07) is 4.48. The largest absolute Gasteiger partial charge is 0.492 e. The molecule has 1 heterocycles. The predicted octanol–water partition coefficient (Wildman–Crippen LogP) is 2.17. The normalized spacial score (nSPS) is 11.4. The Morgan fingerprint density at radius 3 is 2.83 bits per heavy atom. The Morgan fingerprint density at radius 1 is 1.44 bits per heavy atom. The van der Waals surface area contributed by atoms with Crippen molar-refractivity contribution in [1.82, 2.24) is 8.96 Å². The zero-order chi connectivity index (χ0) is 13.2. The predicted molar refractivity (Wildman–Crippen MR) is 67.4 cm³/mol. The molecule has 0 bridgehead atoms. The molecule has 0 amide bonds. The van der Waals surface area contributed by atoms with Crippen molar-refractivity contribution >= 4 is 21.6 Å². The van der Waals surface area contributed by atoms with Crippen LogP contribution >= 0.6 is 11.6 Å². The minimum Gasteiger partial charge on any atom is -0.492 e. The fourth-order valence-electron chi connectivity index (χ4n) is 1.46. The fourth-order valence-corrected chi connectivity index (χ4v) is 2.98. The molecule has 18 heavy (non-hydrogen) atoms. The van der Waals surface area contributed by atoms with Gasteiger partial charge in [-0.3, -0.25) is 0 Å². The quantitative estimate of drug-likeness (QED) is 0.864. The van der Waals surface area contributed by atoms with E-state index in [9.17, 15) is 8.42 Å². The molecule has 0 N–H and O–H groups in total. The second kappa shape index (κ2) is 4.99. The minimum absolute atomic E-state index is 0.0230. The van der Waals surface area contributed by atoms with Crippen molar-refractivity contribution in [2.24, 2.45) is 0 Å². The van der Waals surface area contributed by atoms with Crippen molar-refractivity contribution in [3.8, 4) is 5.75 Å². The SMILES string of the molecule is CCOc1ccc(Cl)cc1S(=O)(=O)n1ccnc1. The number of hydrogen-bond acceptors (Lipinski definition) is 4. The molecule has 1 aromatic carbocycles. The summed E-state index contributed by atoms with van der Waals surface area (Å²) in [5.74, 6) is 0.274. The van der Waals surface area contributed by atoms with Gasteiger partial charge in [-0.2, -0.15) is 0 Å². The summed E-state index contributed by atoms with van der Waals surface area (Å²) in [7, 11) is -3.73. The Bertz CT molecular complexity index is 638. The molecule has 0 aliphatic heterocycles. The molecule has 1 aromatic heterocycles. The molecule has 7 heteroatoms. The molecule has 0 aliphatic rings. The number of halogens is 1. The van der Waals surface area contributed by atoms with Gasteiger partial charge in [0.05, 0.1) is 6.61 Å². The van der Waals surface area contributed by atoms with E-state index in [1.807, 2.05) is 0 Å². The van der Waals surface area contributed by atoms with Crippen LogP contribution in [0.3, 0.4) is 0 Å². The van der Waals surface area contributed by atoms with Gasteiger partial charge in [-0.1, -0.05) is 11.6 Å². The van der Waals surface area contributed by atoms with Crippen molar-refractivity contribution in [1.29, 1.82) is 0 Å². The Balaban J connectivity index is 2.59. The lowest BCUT2D eigenvalue weighted by molar-refractivity contribution is 0.331. The maximum absolute atomic E-state index is 12.3. The Kier molecular flexibility index (Phi) is 3.58. The van der Waals surface area contributed by atoms with E-state index in [4.69, 9.17) is 16.3 Å². The summed E-state index contributed by atoms with van der Waals surface area (Å²) in [5.41, 5.74) is 0. The number of aromatic nitrogens is 2. The third-order valence-electron chi connectivity index (χ3n) is 2.24. The van der Waals surface area contributed by atoms with Crippen molar-refractivity contribution in [2.75, 3.05) is 6.61 Å². The molecule has 0 saturated carbocycles. The summed E-state index contributed by atoms with van der Waals surface area (Å²) in [4.78, 5) is 3.75. The van der Waals surface area contributed by atoms with E-state index in [1.54, 1.807) is 13.0 Å². The maximum atomic E-state index is 12.3. The van der Waals surface area contributed by atoms with Crippen molar-refractivity contribution in [3.05, 3.63) is 41.9 Å². The van der Waals surface area contributed by atoms with Gasteiger partial charge in [0.25, 0.3) is 10.0 Å². The van der Waals surface area contributed by atoms with E-state index >= 15 is 0 Å². The van der Waals surface area contributed by atoms with Crippen LogP contribution in [0.1, 0.15) is 6.92 Å². The highest BCUT2D eigenvalue weighted by molar-refractivity contribution is 7.90. The van der Waals surface area contributed by atoms with E-state index < -0.39 is 10.0 Å². The first-order valence-electron chi connectivity index (χ1n) is 5.21. The van der Waals surface area contributed by atoms with Gasteiger partial charge >= 0.3 is 0 Å². The van der Waals surface area contributed by atoms with E-state index in [-0.39, 0.29) is 10.6 Å². The number of nitrogens with zero attached hydrogens (tertiary/aromatic N) is 2. The number of hydrogen-bond donors (Lipinski definition) is 0. The lowest BCUT2D eigenvalue weighted by Crippen LogP contribution is -2.12. The van der Waals surface area contributed by atoms with Crippen LogP contribution in [-0.2, 0) is 10.0 Å². The third-order valence-corrected chi connectivity index (χ3v) is 4.12. The highest BCUT2D eigenvalue weighted by atomic mass is 35.5. The average molecular weight is 287 g/mol. The maximum Gasteiger partial charge on any atom is 0.272 e. The van der Waals surface area contributed by atoms with Gasteiger partial charge in [-0.25, -0.2) is 17.4 Å². The molecule has 0 saturated heterocycles. The zero-order valence-corrected chi connectivity index (χ0v) is 11.1. The molecule has 0 fully saturated rings. The number of ether oxygens (including phenoxy) is 1. The number of rotatable bonds is 4. The summed E-state index contributed by atoms with van der Waals surface area (Å²) in [6.07, 6.45) is 3.96. The first-order chi connectivity index (χ1) is 8.55. The van der Waals surface area contributed by atoms with Crippen LogP contribution in [0.5, 0.6) is 5.75 Å². The van der Waals surface area contributed by atoms with Crippen LogP contribution in [0.15, 0.2) is 41.8 Å². The minimum atomic E-state index is -3.73. The summed E-state index contributed by atoms with van der Waals surface area (Å²) >= 11 is 5.84. The van der Waals surface area contributed by atoms with Crippen molar-refractivity contribution < 1.29 is 13.2 Å². The molecule has 0 spiro atoms. The molecule has 0 unspecified atom stereocenters. The van der Waals surface area contributed by atoms with Gasteiger partial charge in [0, 0.05) is 17.4 Å². The van der Waals surface area contributed by atoms with Gasteiger partial charge in [0.1, 0.15) is 17.0 Å². The molecular formula is C11H11ClN2O3S. The van der Waals surface area contributed by atoms with Crippen LogP contribution in [-0.4, -0.2) is 24.0 Å². The van der Waals surface area contributed by atoms with Crippen LogP contribution in [0.25, 0.3) is 0 Å². The van der Waals surface area contributed by atoms with Crippen molar-refractivity contribution in [3.63, 3.8) is 0 Å². The molecule has 2 aromatic rings. The highest BCUT2D eigenvalue weighted by Crippen LogP contribution is 2.28. The standard InChI is InChI=1S/C11H11ClN2O3S/c1-2-17-10-4-3-9(12)7-11(10)18(15,16)14-6-5-13-8-14/h3-8H,2H2,1H3. The molecule has 0 aliphatic carbocycles. The number of imidazole rings is 1. The summed E-state index contributed by atoms with van der Waals surface area (Å²) in [5, 5.41) is 0.331. The Morgan fingerprint density at radius 2 is 2.22 bits per heavy atom. The lowest BCUT2D eigenvalue weighted by Gasteiger charge is -2.11. The lowest BCUT2D eigenvalue weighted by atomic mass is 10.3. The second-order valence-electron chi connectivity index (χ2n) is 3.42. The van der Waals surface area contributed by atoms with E-state index in [0.29, 0.717) is 11.6 Å². The van der Waals surface area contributed by atoms with Crippen LogP contribution in [0, 0.1) is 0 Å². The van der Waals surface area contributed by atoms with Gasteiger partial charge in [-0.05, 0) is 25.1 Å². The number of benzene rings is 1. The smallest absolute Gasteiger partial charge is 0.272 e. The Labute approximate surface area is 110 Å². The molecule has 2 rings (SSSR count). The average Bonchev–Trinajstić information content (AvgIpc) is 2.86. The zero-order valence-electron chi connectivity index (χ0n) is 9.58. The third kappa shape index (κ3) is 2.34. The van der Waals surface area contributed by atoms with Crippen LogP contribution in [0.4, 0.5) is 0 Å². The molecular weight excluding hydrogens is 276 g/mol. The van der Waals surface area contributed by atoms with Crippen molar-refractivity contribution in [2.45, 2.75) is 11.8 Å². The van der Waals surface area contributed by atoms with Gasteiger partial charge < -0.3 is 4.74 Å². The summed E-state index contributed by atoms with van der Waals surface area (Å²) in [6.45, 7) is 2.15. The monoisotopic (exact) mass is 286 g/mol. The van der Waals surface area contributed by atoms with Gasteiger partial charge in [0.15, 0.2) is 0 Å².